The fourth-order valence-electron chi connectivity index (χ4n) is 2.11. The topological polar surface area (TPSA) is 113 Å². The number of nitrogens with one attached hydrogen (secondary N) is 2. The van der Waals surface area contributed by atoms with Crippen LogP contribution in [0.3, 0.4) is 0 Å². The molecule has 0 aliphatic heterocycles. The summed E-state index contributed by atoms with van der Waals surface area (Å²) in [4.78, 5) is 26.8. The molecule has 10 heteroatoms. The molecular weight excluding hydrogens is 363 g/mol. The van der Waals surface area contributed by atoms with Gasteiger partial charge < -0.3 is 15.2 Å². The number of carbonyl (C=O) groups is 2. The van der Waals surface area contributed by atoms with Crippen LogP contribution in [0, 0.1) is 5.82 Å². The number of hydrogen-bond acceptors (Lipinski definition) is 6. The van der Waals surface area contributed by atoms with E-state index in [2.05, 4.69) is 20.0 Å². The first kappa shape index (κ1) is 19.6. The fraction of sp³-hybridized carbons (Fsp3) is 0.375. The highest BCUT2D eigenvalue weighted by atomic mass is 32.1. The van der Waals surface area contributed by atoms with Crippen LogP contribution < -0.4 is 15.4 Å². The van der Waals surface area contributed by atoms with Crippen molar-refractivity contribution in [3.05, 3.63) is 24.0 Å². The van der Waals surface area contributed by atoms with E-state index in [0.29, 0.717) is 5.56 Å². The monoisotopic (exact) mass is 382 g/mol. The van der Waals surface area contributed by atoms with Crippen LogP contribution in [0.15, 0.2) is 18.2 Å². The molecule has 0 unspecified atom stereocenters. The summed E-state index contributed by atoms with van der Waals surface area (Å²) < 4.78 is 22.7. The van der Waals surface area contributed by atoms with Crippen molar-refractivity contribution in [2.45, 2.75) is 32.2 Å². The number of rotatable bonds is 7. The molecule has 0 fully saturated rings. The van der Waals surface area contributed by atoms with E-state index in [1.807, 2.05) is 0 Å². The Morgan fingerprint density at radius 3 is 2.73 bits per heavy atom. The number of amides is 2. The molecule has 8 nitrogen and oxygen atoms in total. The number of aliphatic carboxylic acids is 1. The van der Waals surface area contributed by atoms with Gasteiger partial charge in [0.1, 0.15) is 0 Å². The molecule has 140 valence electrons. The van der Waals surface area contributed by atoms with Crippen LogP contribution in [0.2, 0.25) is 0 Å². The summed E-state index contributed by atoms with van der Waals surface area (Å²) in [5, 5.41) is 14.2. The van der Waals surface area contributed by atoms with Crippen LogP contribution >= 0.6 is 11.5 Å². The molecule has 3 N–H and O–H groups in total. The average Bonchev–Trinajstić information content (AvgIpc) is 3.00. The number of urea groups is 1. The van der Waals surface area contributed by atoms with Crippen LogP contribution in [-0.4, -0.2) is 39.1 Å². The van der Waals surface area contributed by atoms with Crippen LogP contribution in [0.4, 0.5) is 14.3 Å². The van der Waals surface area contributed by atoms with E-state index in [1.54, 1.807) is 19.9 Å². The van der Waals surface area contributed by atoms with Gasteiger partial charge in [0.05, 0.1) is 7.11 Å². The van der Waals surface area contributed by atoms with E-state index >= 15 is 0 Å². The number of carboxylic acid groups (broad SMARTS) is 1. The Morgan fingerprint density at radius 1 is 1.38 bits per heavy atom. The summed E-state index contributed by atoms with van der Waals surface area (Å²) in [6.07, 6.45) is 0.224. The highest BCUT2D eigenvalue weighted by Gasteiger charge is 2.22. The second kappa shape index (κ2) is 8.09. The number of methoxy groups -OCH3 is 1. The third-order valence-electron chi connectivity index (χ3n) is 3.47. The first-order valence-electron chi connectivity index (χ1n) is 7.69. The minimum absolute atomic E-state index is 0.0563. The van der Waals surface area contributed by atoms with Crippen molar-refractivity contribution >= 4 is 28.7 Å². The summed E-state index contributed by atoms with van der Waals surface area (Å²) in [7, 11) is 1.37. The minimum atomic E-state index is -0.930. The van der Waals surface area contributed by atoms with Gasteiger partial charge in [0.15, 0.2) is 17.4 Å². The fourth-order valence-corrected chi connectivity index (χ4v) is 2.70. The molecule has 0 bridgehead atoms. The van der Waals surface area contributed by atoms with Crippen molar-refractivity contribution in [3.8, 4) is 17.1 Å². The Hall–Kier alpha value is -2.75. The molecular formula is C16H19FN4O4S. The number of benzene rings is 1. The zero-order valence-electron chi connectivity index (χ0n) is 14.5. The molecule has 0 aliphatic rings. The third-order valence-corrected chi connectivity index (χ3v) is 4.10. The molecule has 2 aromatic rings. The zero-order valence-corrected chi connectivity index (χ0v) is 15.3. The third kappa shape index (κ3) is 5.38. The van der Waals surface area contributed by atoms with Crippen molar-refractivity contribution < 1.29 is 23.8 Å². The van der Waals surface area contributed by atoms with Gasteiger partial charge in [-0.25, -0.2) is 9.18 Å². The average molecular weight is 382 g/mol. The first-order chi connectivity index (χ1) is 12.2. The Balaban J connectivity index is 2.00. The first-order valence-corrected chi connectivity index (χ1v) is 8.46. The van der Waals surface area contributed by atoms with Crippen molar-refractivity contribution in [2.75, 3.05) is 12.4 Å². The number of carbonyl (C=O) groups excluding carboxylic acids is 1. The number of hydrogen-bond donors (Lipinski definition) is 3. The van der Waals surface area contributed by atoms with Gasteiger partial charge in [0, 0.05) is 29.1 Å². The highest BCUT2D eigenvalue weighted by Crippen LogP contribution is 2.26. The van der Waals surface area contributed by atoms with E-state index < -0.39 is 23.4 Å². The van der Waals surface area contributed by atoms with Gasteiger partial charge in [-0.1, -0.05) is 0 Å². The largest absolute Gasteiger partial charge is 0.494 e. The lowest BCUT2D eigenvalue weighted by molar-refractivity contribution is -0.137. The second-order valence-corrected chi connectivity index (χ2v) is 6.88. The number of carboxylic acids is 1. The summed E-state index contributed by atoms with van der Waals surface area (Å²) >= 11 is 0.952. The molecule has 1 aromatic heterocycles. The van der Waals surface area contributed by atoms with Crippen molar-refractivity contribution in [3.63, 3.8) is 0 Å². The van der Waals surface area contributed by atoms with E-state index in [9.17, 15) is 14.0 Å². The molecule has 0 saturated carbocycles. The lowest BCUT2D eigenvalue weighted by Crippen LogP contribution is -2.45. The van der Waals surface area contributed by atoms with Crippen molar-refractivity contribution in [1.29, 1.82) is 0 Å². The van der Waals surface area contributed by atoms with Crippen LogP contribution in [0.25, 0.3) is 11.4 Å². The Morgan fingerprint density at radius 2 is 2.12 bits per heavy atom. The Bertz CT molecular complexity index is 809. The van der Waals surface area contributed by atoms with Gasteiger partial charge >= 0.3 is 12.0 Å². The highest BCUT2D eigenvalue weighted by molar-refractivity contribution is 7.10. The number of nitrogens with zero attached hydrogens (tertiary/aromatic N) is 2. The number of aromatic nitrogens is 2. The molecule has 0 radical (unpaired) electrons. The maximum atomic E-state index is 13.8. The SMILES string of the molecule is COc1ccc(-c2nsc(NC(=O)NC(C)(C)CCC(=O)O)n2)cc1F. The van der Waals surface area contributed by atoms with Gasteiger partial charge in [-0.15, -0.1) is 0 Å². The summed E-state index contributed by atoms with van der Waals surface area (Å²) in [5.41, 5.74) is -0.246. The molecule has 0 aliphatic carbocycles. The predicted molar refractivity (Wildman–Crippen MR) is 95.0 cm³/mol. The molecule has 1 heterocycles. The second-order valence-electron chi connectivity index (χ2n) is 6.13. The zero-order chi connectivity index (χ0) is 19.3. The molecule has 0 atom stereocenters. The maximum Gasteiger partial charge on any atom is 0.321 e. The van der Waals surface area contributed by atoms with E-state index in [4.69, 9.17) is 9.84 Å². The Labute approximate surface area is 153 Å². The molecule has 0 spiro atoms. The van der Waals surface area contributed by atoms with E-state index in [-0.39, 0.29) is 29.5 Å². The molecule has 2 amide bonds. The summed E-state index contributed by atoms with van der Waals surface area (Å²) in [6.45, 7) is 3.45. The smallest absolute Gasteiger partial charge is 0.321 e. The number of anilines is 1. The number of halogens is 1. The molecule has 1 aromatic carbocycles. The predicted octanol–water partition coefficient (Wildman–Crippen LogP) is 3.12. The van der Waals surface area contributed by atoms with Crippen molar-refractivity contribution in [1.82, 2.24) is 14.7 Å². The van der Waals surface area contributed by atoms with E-state index in [0.717, 1.165) is 11.5 Å². The quantitative estimate of drug-likeness (QED) is 0.678. The summed E-state index contributed by atoms with van der Waals surface area (Å²) in [5.74, 6) is -1.07. The summed E-state index contributed by atoms with van der Waals surface area (Å²) in [6, 6.07) is 3.81. The standard InChI is InChI=1S/C16H19FN4O4S/c1-16(2,7-6-12(22)23)20-14(24)19-15-18-13(21-26-15)9-4-5-11(25-3)10(17)8-9/h4-5,8H,6-7H2,1-3H3,(H,22,23)(H2,18,19,20,21,24). The van der Waals surface area contributed by atoms with Crippen LogP contribution in [0.1, 0.15) is 26.7 Å². The van der Waals surface area contributed by atoms with Gasteiger partial charge in [0.25, 0.3) is 0 Å². The lowest BCUT2D eigenvalue weighted by atomic mass is 9.99. The van der Waals surface area contributed by atoms with Gasteiger partial charge in [-0.3, -0.25) is 10.1 Å². The normalized spacial score (nSPS) is 11.1. The van der Waals surface area contributed by atoms with Crippen LogP contribution in [0.5, 0.6) is 5.75 Å². The van der Waals surface area contributed by atoms with Gasteiger partial charge in [0.2, 0.25) is 5.13 Å². The number of ether oxygens (including phenoxy) is 1. The molecule has 2 rings (SSSR count). The Kier molecular flexibility index (Phi) is 6.09. The lowest BCUT2D eigenvalue weighted by Gasteiger charge is -2.25. The van der Waals surface area contributed by atoms with Crippen LogP contribution in [-0.2, 0) is 4.79 Å². The minimum Gasteiger partial charge on any atom is -0.494 e. The molecule has 26 heavy (non-hydrogen) atoms. The molecule has 0 saturated heterocycles. The van der Waals surface area contributed by atoms with Gasteiger partial charge in [-0.2, -0.15) is 9.36 Å². The van der Waals surface area contributed by atoms with Crippen molar-refractivity contribution in [2.24, 2.45) is 0 Å². The maximum absolute atomic E-state index is 13.8. The van der Waals surface area contributed by atoms with E-state index in [1.165, 1.54) is 19.2 Å². The van der Waals surface area contributed by atoms with Gasteiger partial charge in [-0.05, 0) is 38.5 Å².